The van der Waals surface area contributed by atoms with E-state index in [9.17, 15) is 9.59 Å². The molecule has 0 aliphatic rings. The van der Waals surface area contributed by atoms with Gasteiger partial charge in [0.15, 0.2) is 0 Å². The Balaban J connectivity index is 3.24. The minimum absolute atomic E-state index is 0.218. The molecule has 1 atom stereocenters. The highest BCUT2D eigenvalue weighted by Gasteiger charge is 2.28. The van der Waals surface area contributed by atoms with Gasteiger partial charge >= 0.3 is 0 Å². The Morgan fingerprint density at radius 1 is 1.21 bits per heavy atom. The van der Waals surface area contributed by atoms with Crippen molar-refractivity contribution in [1.82, 2.24) is 0 Å². The number of carbonyl (C=O) groups excluding carboxylic acids is 2. The topological polar surface area (TPSA) is 37.4 Å². The van der Waals surface area contributed by atoms with E-state index in [2.05, 4.69) is 0 Å². The van der Waals surface area contributed by atoms with Crippen molar-refractivity contribution in [2.75, 3.05) is 4.90 Å². The lowest BCUT2D eigenvalue weighted by Crippen LogP contribution is -2.41. The van der Waals surface area contributed by atoms with Crippen LogP contribution in [0.4, 0.5) is 5.69 Å². The van der Waals surface area contributed by atoms with E-state index >= 15 is 0 Å². The molecule has 0 saturated carbocycles. The highest BCUT2D eigenvalue weighted by Crippen LogP contribution is 2.24. The molecule has 3 nitrogen and oxygen atoms in total. The number of hydrogen-bond donors (Lipinski definition) is 0. The average molecular weight is 282 g/mol. The largest absolute Gasteiger partial charge is 0.274 e. The lowest BCUT2D eigenvalue weighted by molar-refractivity contribution is -0.126. The monoisotopic (exact) mass is 281 g/mol. The zero-order valence-corrected chi connectivity index (χ0v) is 12.4. The number of nitrogens with zero attached hydrogens (tertiary/aromatic N) is 1. The average Bonchev–Trinajstić information content (AvgIpc) is 2.46. The fraction of sp³-hybridized carbons (Fsp3) is 0.467. The number of amides is 2. The van der Waals surface area contributed by atoms with Gasteiger partial charge in [-0.05, 0) is 24.5 Å². The number of aryl methyl sites for hydroxylation is 1. The van der Waals surface area contributed by atoms with Gasteiger partial charge in [-0.2, -0.15) is 0 Å². The molecule has 19 heavy (non-hydrogen) atoms. The number of carbonyl (C=O) groups is 2. The maximum atomic E-state index is 12.3. The molecule has 0 saturated heterocycles. The predicted octanol–water partition coefficient (Wildman–Crippen LogP) is 3.54. The molecular weight excluding hydrogens is 262 g/mol. The summed E-state index contributed by atoms with van der Waals surface area (Å²) in [6.45, 7) is 5.57. The normalized spacial score (nSPS) is 12.0. The van der Waals surface area contributed by atoms with Gasteiger partial charge in [-0.25, -0.2) is 4.90 Å². The predicted molar refractivity (Wildman–Crippen MR) is 78.5 cm³/mol. The number of hydrogen-bond acceptors (Lipinski definition) is 2. The summed E-state index contributed by atoms with van der Waals surface area (Å²) in [5, 5.41) is -0.666. The van der Waals surface area contributed by atoms with E-state index in [4.69, 9.17) is 11.6 Å². The fourth-order valence-corrected chi connectivity index (χ4v) is 1.97. The summed E-state index contributed by atoms with van der Waals surface area (Å²) in [5.74, 6) is -0.554. The van der Waals surface area contributed by atoms with Crippen molar-refractivity contribution in [2.45, 2.75) is 45.4 Å². The molecule has 104 valence electrons. The summed E-state index contributed by atoms with van der Waals surface area (Å²) in [5.41, 5.74) is 1.62. The Labute approximate surface area is 119 Å². The van der Waals surface area contributed by atoms with E-state index in [1.807, 2.05) is 32.0 Å². The molecule has 0 aliphatic carbocycles. The van der Waals surface area contributed by atoms with Crippen LogP contribution in [0.2, 0.25) is 0 Å². The summed E-state index contributed by atoms with van der Waals surface area (Å²) in [6, 6.07) is 7.45. The van der Waals surface area contributed by atoms with Crippen molar-refractivity contribution in [3.05, 3.63) is 29.8 Å². The standard InChI is InChI=1S/C15H20ClNO2/c1-4-11-9-7-8-10-13(11)17(14(18)6-3)15(19)12(16)5-2/h7-10,12H,4-6H2,1-3H3. The molecule has 0 fully saturated rings. The van der Waals surface area contributed by atoms with Gasteiger partial charge in [-0.1, -0.05) is 39.0 Å². The molecule has 1 unspecified atom stereocenters. The lowest BCUT2D eigenvalue weighted by Gasteiger charge is -2.24. The molecule has 0 radical (unpaired) electrons. The quantitative estimate of drug-likeness (QED) is 0.774. The smallest absolute Gasteiger partial charge is 0.251 e. The van der Waals surface area contributed by atoms with E-state index in [0.717, 1.165) is 12.0 Å². The Morgan fingerprint density at radius 3 is 2.37 bits per heavy atom. The zero-order chi connectivity index (χ0) is 14.4. The van der Waals surface area contributed by atoms with Gasteiger partial charge in [0, 0.05) is 6.42 Å². The first kappa shape index (κ1) is 15.7. The van der Waals surface area contributed by atoms with Crippen molar-refractivity contribution in [3.8, 4) is 0 Å². The van der Waals surface area contributed by atoms with Crippen LogP contribution in [0.5, 0.6) is 0 Å². The van der Waals surface area contributed by atoms with Crippen molar-refractivity contribution < 1.29 is 9.59 Å². The van der Waals surface area contributed by atoms with E-state index < -0.39 is 5.38 Å². The minimum atomic E-state index is -0.666. The van der Waals surface area contributed by atoms with Gasteiger partial charge in [0.2, 0.25) is 5.91 Å². The third-order valence-electron chi connectivity index (χ3n) is 3.01. The summed E-state index contributed by atoms with van der Waals surface area (Å²) >= 11 is 6.01. The van der Waals surface area contributed by atoms with Crippen molar-refractivity contribution in [3.63, 3.8) is 0 Å². The molecule has 1 aromatic rings. The van der Waals surface area contributed by atoms with Gasteiger partial charge in [0.05, 0.1) is 5.69 Å². The number of benzene rings is 1. The Morgan fingerprint density at radius 2 is 1.84 bits per heavy atom. The molecule has 1 aromatic carbocycles. The maximum Gasteiger partial charge on any atom is 0.251 e. The number of halogens is 1. The summed E-state index contributed by atoms with van der Waals surface area (Å²) in [4.78, 5) is 25.6. The molecule has 0 N–H and O–H groups in total. The SMILES string of the molecule is CCC(=O)N(C(=O)C(Cl)CC)c1ccccc1CC. The van der Waals surface area contributed by atoms with Gasteiger partial charge in [0.1, 0.15) is 5.38 Å². The molecule has 0 aromatic heterocycles. The maximum absolute atomic E-state index is 12.3. The molecule has 2 amide bonds. The summed E-state index contributed by atoms with van der Waals surface area (Å²) < 4.78 is 0. The third-order valence-corrected chi connectivity index (χ3v) is 3.51. The second-order valence-electron chi connectivity index (χ2n) is 4.28. The van der Waals surface area contributed by atoms with E-state index in [1.54, 1.807) is 13.0 Å². The van der Waals surface area contributed by atoms with Crippen molar-refractivity contribution >= 4 is 29.1 Å². The molecule has 0 spiro atoms. The molecule has 4 heteroatoms. The molecule has 0 aliphatic heterocycles. The first-order chi connectivity index (χ1) is 9.06. The second-order valence-corrected chi connectivity index (χ2v) is 4.81. The van der Waals surface area contributed by atoms with E-state index in [-0.39, 0.29) is 18.2 Å². The summed E-state index contributed by atoms with van der Waals surface area (Å²) in [6.07, 6.45) is 1.54. The van der Waals surface area contributed by atoms with Gasteiger partial charge < -0.3 is 0 Å². The number of alkyl halides is 1. The number of para-hydroxylation sites is 1. The van der Waals surface area contributed by atoms with Crippen LogP contribution in [0.1, 0.15) is 39.2 Å². The zero-order valence-electron chi connectivity index (χ0n) is 11.6. The third kappa shape index (κ3) is 3.57. The van der Waals surface area contributed by atoms with Crippen LogP contribution in [0.15, 0.2) is 24.3 Å². The first-order valence-corrected chi connectivity index (χ1v) is 7.09. The fourth-order valence-electron chi connectivity index (χ4n) is 1.88. The van der Waals surface area contributed by atoms with Crippen LogP contribution < -0.4 is 4.90 Å². The Hall–Kier alpha value is -1.35. The number of rotatable bonds is 5. The van der Waals surface area contributed by atoms with E-state index in [1.165, 1.54) is 4.90 Å². The first-order valence-electron chi connectivity index (χ1n) is 6.65. The molecular formula is C15H20ClNO2. The molecule has 0 bridgehead atoms. The van der Waals surface area contributed by atoms with Crippen LogP contribution in [0, 0.1) is 0 Å². The van der Waals surface area contributed by atoms with Gasteiger partial charge in [-0.15, -0.1) is 11.6 Å². The van der Waals surface area contributed by atoms with Crippen LogP contribution in [0.25, 0.3) is 0 Å². The van der Waals surface area contributed by atoms with Crippen LogP contribution in [0.3, 0.4) is 0 Å². The number of anilines is 1. The molecule has 0 heterocycles. The van der Waals surface area contributed by atoms with Crippen LogP contribution >= 0.6 is 11.6 Å². The highest BCUT2D eigenvalue weighted by molar-refractivity contribution is 6.35. The second kappa shape index (κ2) is 7.29. The Kier molecular flexibility index (Phi) is 6.03. The Bertz CT molecular complexity index is 459. The van der Waals surface area contributed by atoms with Crippen LogP contribution in [-0.4, -0.2) is 17.2 Å². The van der Waals surface area contributed by atoms with Gasteiger partial charge in [-0.3, -0.25) is 9.59 Å². The minimum Gasteiger partial charge on any atom is -0.274 e. The van der Waals surface area contributed by atoms with Crippen molar-refractivity contribution in [1.29, 1.82) is 0 Å². The molecule has 1 rings (SSSR count). The van der Waals surface area contributed by atoms with Gasteiger partial charge in [0.25, 0.3) is 5.91 Å². The van der Waals surface area contributed by atoms with Crippen LogP contribution in [-0.2, 0) is 16.0 Å². The highest BCUT2D eigenvalue weighted by atomic mass is 35.5. The number of imide groups is 1. The van der Waals surface area contributed by atoms with Crippen molar-refractivity contribution in [2.24, 2.45) is 0 Å². The lowest BCUT2D eigenvalue weighted by atomic mass is 10.1. The summed E-state index contributed by atoms with van der Waals surface area (Å²) in [7, 11) is 0. The van der Waals surface area contributed by atoms with E-state index in [0.29, 0.717) is 12.1 Å².